The monoisotopic (exact) mass is 293 g/mol. The number of hydrogen-bond acceptors (Lipinski definition) is 4. The fraction of sp³-hybridized carbons (Fsp3) is 0.467. The molecule has 0 unspecified atom stereocenters. The van der Waals surface area contributed by atoms with Gasteiger partial charge in [0.2, 0.25) is 0 Å². The summed E-state index contributed by atoms with van der Waals surface area (Å²) >= 11 is 0. The molecule has 4 N–H and O–H groups in total. The molecule has 6 nitrogen and oxygen atoms in total. The van der Waals surface area contributed by atoms with E-state index in [2.05, 4.69) is 17.4 Å². The molecule has 0 heterocycles. The number of carbonyl (C=O) groups excluding carboxylic acids is 1. The molecule has 1 aromatic carbocycles. The molecule has 0 radical (unpaired) electrons. The van der Waals surface area contributed by atoms with Crippen molar-refractivity contribution in [2.75, 3.05) is 6.61 Å². The first kappa shape index (κ1) is 16.8. The summed E-state index contributed by atoms with van der Waals surface area (Å²) in [6, 6.07) is 6.86. The van der Waals surface area contributed by atoms with Gasteiger partial charge in [-0.15, -0.1) is 0 Å². The molecule has 0 bridgehead atoms. The van der Waals surface area contributed by atoms with E-state index in [9.17, 15) is 4.79 Å². The molecule has 1 aromatic rings. The highest BCUT2D eigenvalue weighted by molar-refractivity contribution is 5.99. The number of carbonyl (C=O) groups is 1. The molecule has 0 aliphatic heterocycles. The van der Waals surface area contributed by atoms with Crippen LogP contribution in [0.5, 0.6) is 5.75 Å². The second-order valence-electron chi connectivity index (χ2n) is 5.29. The minimum atomic E-state index is -0.928. The zero-order valence-corrected chi connectivity index (χ0v) is 12.7. The number of ether oxygens (including phenoxy) is 1. The van der Waals surface area contributed by atoms with Crippen molar-refractivity contribution in [3.63, 3.8) is 0 Å². The molecule has 0 fully saturated rings. The number of benzene rings is 1. The van der Waals surface area contributed by atoms with Gasteiger partial charge in [-0.2, -0.15) is 0 Å². The smallest absolute Gasteiger partial charge is 0.252 e. The normalized spacial score (nSPS) is 12.0. The van der Waals surface area contributed by atoms with E-state index in [1.54, 1.807) is 38.1 Å². The molecule has 0 saturated heterocycles. The molecule has 0 aromatic heterocycles. The Morgan fingerprint density at radius 1 is 1.38 bits per heavy atom. The number of amidine groups is 1. The van der Waals surface area contributed by atoms with Gasteiger partial charge < -0.3 is 21.0 Å². The van der Waals surface area contributed by atoms with Crippen molar-refractivity contribution < 1.29 is 14.7 Å². The summed E-state index contributed by atoms with van der Waals surface area (Å²) in [5.74, 6) is 0.373. The summed E-state index contributed by atoms with van der Waals surface area (Å²) in [5.41, 5.74) is 5.09. The van der Waals surface area contributed by atoms with Crippen LogP contribution in [0.3, 0.4) is 0 Å². The highest BCUT2D eigenvalue weighted by atomic mass is 16.5. The summed E-state index contributed by atoms with van der Waals surface area (Å²) in [5, 5.41) is 14.3. The SMILES string of the molecule is CCCCOc1ccc(C(=O)NC(C)(C)/C(N)=N/O)cc1. The van der Waals surface area contributed by atoms with Gasteiger partial charge in [0.25, 0.3) is 5.91 Å². The highest BCUT2D eigenvalue weighted by Gasteiger charge is 2.26. The lowest BCUT2D eigenvalue weighted by Gasteiger charge is -2.24. The summed E-state index contributed by atoms with van der Waals surface area (Å²) < 4.78 is 5.53. The van der Waals surface area contributed by atoms with Crippen molar-refractivity contribution in [1.29, 1.82) is 0 Å². The molecule has 0 spiro atoms. The first-order valence-corrected chi connectivity index (χ1v) is 6.94. The van der Waals surface area contributed by atoms with Gasteiger partial charge in [-0.3, -0.25) is 4.79 Å². The summed E-state index contributed by atoms with van der Waals surface area (Å²) in [6.45, 7) is 6.07. The third kappa shape index (κ3) is 4.98. The van der Waals surface area contributed by atoms with Crippen molar-refractivity contribution in [3.05, 3.63) is 29.8 Å². The van der Waals surface area contributed by atoms with Gasteiger partial charge in [-0.05, 0) is 44.5 Å². The summed E-state index contributed by atoms with van der Waals surface area (Å²) in [6.07, 6.45) is 2.07. The number of hydrogen-bond donors (Lipinski definition) is 3. The highest BCUT2D eigenvalue weighted by Crippen LogP contribution is 2.14. The van der Waals surface area contributed by atoms with Crippen molar-refractivity contribution >= 4 is 11.7 Å². The zero-order valence-electron chi connectivity index (χ0n) is 12.7. The summed E-state index contributed by atoms with van der Waals surface area (Å²) in [7, 11) is 0. The predicted octanol–water partition coefficient (Wildman–Crippen LogP) is 2.12. The van der Waals surface area contributed by atoms with Crippen LogP contribution in [0.1, 0.15) is 44.0 Å². The van der Waals surface area contributed by atoms with Crippen LogP contribution in [0, 0.1) is 0 Å². The van der Waals surface area contributed by atoms with Gasteiger partial charge >= 0.3 is 0 Å². The van der Waals surface area contributed by atoms with E-state index in [1.165, 1.54) is 0 Å². The van der Waals surface area contributed by atoms with Crippen LogP contribution in [0.25, 0.3) is 0 Å². The first-order chi connectivity index (χ1) is 9.90. The average molecular weight is 293 g/mol. The number of rotatable bonds is 7. The van der Waals surface area contributed by atoms with Crippen molar-refractivity contribution in [2.24, 2.45) is 10.9 Å². The number of nitrogens with zero attached hydrogens (tertiary/aromatic N) is 1. The molecule has 1 rings (SSSR count). The van der Waals surface area contributed by atoms with E-state index in [0.29, 0.717) is 12.2 Å². The number of oxime groups is 1. The Labute approximate surface area is 125 Å². The zero-order chi connectivity index (χ0) is 15.9. The van der Waals surface area contributed by atoms with Crippen LogP contribution >= 0.6 is 0 Å². The van der Waals surface area contributed by atoms with Gasteiger partial charge in [0.1, 0.15) is 5.75 Å². The molecule has 0 aliphatic rings. The second-order valence-corrected chi connectivity index (χ2v) is 5.29. The maximum atomic E-state index is 12.1. The molecular formula is C15H23N3O3. The lowest BCUT2D eigenvalue weighted by Crippen LogP contribution is -2.53. The molecule has 21 heavy (non-hydrogen) atoms. The Kier molecular flexibility index (Phi) is 6.02. The first-order valence-electron chi connectivity index (χ1n) is 6.94. The number of nitrogens with two attached hydrogens (primary N) is 1. The quantitative estimate of drug-likeness (QED) is 0.236. The van der Waals surface area contributed by atoms with Gasteiger partial charge in [-0.1, -0.05) is 18.5 Å². The largest absolute Gasteiger partial charge is 0.494 e. The minimum absolute atomic E-state index is 0.0598. The third-order valence-electron chi connectivity index (χ3n) is 3.06. The summed E-state index contributed by atoms with van der Waals surface area (Å²) in [4.78, 5) is 12.1. The molecule has 1 amide bonds. The molecule has 0 aliphatic carbocycles. The third-order valence-corrected chi connectivity index (χ3v) is 3.06. The van der Waals surface area contributed by atoms with E-state index in [4.69, 9.17) is 15.7 Å². The van der Waals surface area contributed by atoms with Gasteiger partial charge in [0.05, 0.1) is 12.1 Å². The van der Waals surface area contributed by atoms with Crippen LogP contribution in [0.15, 0.2) is 29.4 Å². The van der Waals surface area contributed by atoms with Crippen LogP contribution in [-0.2, 0) is 0 Å². The number of amides is 1. The van der Waals surface area contributed by atoms with E-state index in [-0.39, 0.29) is 11.7 Å². The van der Waals surface area contributed by atoms with E-state index < -0.39 is 5.54 Å². The van der Waals surface area contributed by atoms with Crippen molar-refractivity contribution in [1.82, 2.24) is 5.32 Å². The lowest BCUT2D eigenvalue weighted by atomic mass is 10.0. The second kappa shape index (κ2) is 7.52. The predicted molar refractivity (Wildman–Crippen MR) is 81.8 cm³/mol. The Balaban J connectivity index is 2.67. The standard InChI is InChI=1S/C15H23N3O3/c1-4-5-10-21-12-8-6-11(7-9-12)13(19)17-15(2,3)14(16)18-20/h6-9,20H,4-5,10H2,1-3H3,(H2,16,18)(H,17,19). The Morgan fingerprint density at radius 2 is 2.00 bits per heavy atom. The fourth-order valence-corrected chi connectivity index (χ4v) is 1.58. The van der Waals surface area contributed by atoms with Crippen molar-refractivity contribution in [3.8, 4) is 5.75 Å². The number of unbranched alkanes of at least 4 members (excludes halogenated alkanes) is 1. The van der Waals surface area contributed by atoms with Crippen LogP contribution in [0.2, 0.25) is 0 Å². The van der Waals surface area contributed by atoms with Crippen LogP contribution in [-0.4, -0.2) is 29.1 Å². The van der Waals surface area contributed by atoms with Crippen LogP contribution in [0.4, 0.5) is 0 Å². The maximum Gasteiger partial charge on any atom is 0.252 e. The lowest BCUT2D eigenvalue weighted by molar-refractivity contribution is 0.0931. The molecule has 116 valence electrons. The topological polar surface area (TPSA) is 96.9 Å². The van der Waals surface area contributed by atoms with E-state index >= 15 is 0 Å². The molecule has 0 saturated carbocycles. The van der Waals surface area contributed by atoms with Crippen LogP contribution < -0.4 is 15.8 Å². The van der Waals surface area contributed by atoms with E-state index in [1.807, 2.05) is 0 Å². The molecule has 6 heteroatoms. The average Bonchev–Trinajstić information content (AvgIpc) is 2.46. The Hall–Kier alpha value is -2.24. The van der Waals surface area contributed by atoms with Gasteiger partial charge in [0, 0.05) is 5.56 Å². The van der Waals surface area contributed by atoms with Gasteiger partial charge in [0.15, 0.2) is 5.84 Å². The van der Waals surface area contributed by atoms with Crippen molar-refractivity contribution in [2.45, 2.75) is 39.2 Å². The van der Waals surface area contributed by atoms with Gasteiger partial charge in [-0.25, -0.2) is 0 Å². The molecular weight excluding hydrogens is 270 g/mol. The molecule has 0 atom stereocenters. The Bertz CT molecular complexity index is 495. The number of nitrogens with one attached hydrogen (secondary N) is 1. The maximum absolute atomic E-state index is 12.1. The Morgan fingerprint density at radius 3 is 2.52 bits per heavy atom. The minimum Gasteiger partial charge on any atom is -0.494 e. The van der Waals surface area contributed by atoms with E-state index in [0.717, 1.165) is 18.6 Å². The fourth-order valence-electron chi connectivity index (χ4n) is 1.58.